The molecule has 0 aromatic heterocycles. The molecule has 0 saturated heterocycles. The van der Waals surface area contributed by atoms with E-state index in [1.807, 2.05) is 24.3 Å². The lowest BCUT2D eigenvalue weighted by Gasteiger charge is -2.10. The van der Waals surface area contributed by atoms with Crippen LogP contribution in [0.25, 0.3) is 0 Å². The first-order valence-corrected chi connectivity index (χ1v) is 6.98. The number of rotatable bonds is 6. The van der Waals surface area contributed by atoms with Crippen LogP contribution in [0.4, 0.5) is 10.1 Å². The van der Waals surface area contributed by atoms with Gasteiger partial charge in [-0.15, -0.1) is 0 Å². The summed E-state index contributed by atoms with van der Waals surface area (Å²) in [5.74, 6) is 0.454. The fourth-order valence-corrected chi connectivity index (χ4v) is 1.96. The Kier molecular flexibility index (Phi) is 5.24. The molecule has 0 saturated carbocycles. The zero-order valence-corrected chi connectivity index (χ0v) is 12.1. The summed E-state index contributed by atoms with van der Waals surface area (Å²) < 4.78 is 18.8. The third kappa shape index (κ3) is 3.87. The van der Waals surface area contributed by atoms with Crippen molar-refractivity contribution in [3.63, 3.8) is 0 Å². The average Bonchev–Trinajstić information content (AvgIpc) is 2.48. The number of hydrogen-bond acceptors (Lipinski definition) is 2. The van der Waals surface area contributed by atoms with Gasteiger partial charge in [0.15, 0.2) is 0 Å². The van der Waals surface area contributed by atoms with Crippen molar-refractivity contribution in [3.8, 4) is 5.75 Å². The Labute approximate surface area is 123 Å². The van der Waals surface area contributed by atoms with Gasteiger partial charge in [0.25, 0.3) is 0 Å². The molecule has 0 aliphatic carbocycles. The Morgan fingerprint density at radius 1 is 1.15 bits per heavy atom. The van der Waals surface area contributed by atoms with E-state index in [9.17, 15) is 4.39 Å². The van der Waals surface area contributed by atoms with E-state index in [2.05, 4.69) is 12.2 Å². The molecule has 0 atom stereocenters. The van der Waals surface area contributed by atoms with Crippen molar-refractivity contribution in [1.82, 2.24) is 0 Å². The summed E-state index contributed by atoms with van der Waals surface area (Å²) in [7, 11) is 0. The molecule has 106 valence electrons. The second kappa shape index (κ2) is 7.15. The molecular weight excluding hydrogens is 277 g/mol. The van der Waals surface area contributed by atoms with E-state index in [1.54, 1.807) is 12.1 Å². The number of ether oxygens (including phenoxy) is 1. The minimum absolute atomic E-state index is 0.169. The molecule has 0 bridgehead atoms. The van der Waals surface area contributed by atoms with E-state index in [0.29, 0.717) is 13.2 Å². The predicted molar refractivity (Wildman–Crippen MR) is 81.0 cm³/mol. The molecule has 0 amide bonds. The molecule has 4 heteroatoms. The monoisotopic (exact) mass is 293 g/mol. The number of hydrogen-bond donors (Lipinski definition) is 1. The molecule has 2 rings (SSSR count). The summed E-state index contributed by atoms with van der Waals surface area (Å²) >= 11 is 5.91. The second-order valence-corrected chi connectivity index (χ2v) is 4.82. The van der Waals surface area contributed by atoms with Gasteiger partial charge < -0.3 is 10.1 Å². The van der Waals surface area contributed by atoms with E-state index in [1.165, 1.54) is 6.07 Å². The van der Waals surface area contributed by atoms with Crippen molar-refractivity contribution in [3.05, 3.63) is 58.9 Å². The van der Waals surface area contributed by atoms with Crippen LogP contribution in [0.2, 0.25) is 5.02 Å². The summed E-state index contributed by atoms with van der Waals surface area (Å²) in [5.41, 5.74) is 1.67. The van der Waals surface area contributed by atoms with Crippen LogP contribution in [0.5, 0.6) is 5.75 Å². The first-order valence-electron chi connectivity index (χ1n) is 6.60. The number of anilines is 1. The lowest BCUT2D eigenvalue weighted by atomic mass is 10.2. The van der Waals surface area contributed by atoms with E-state index in [0.717, 1.165) is 23.4 Å². The maximum atomic E-state index is 13.3. The standard InChI is InChI=1S/C16H17ClFNO/c1-2-10-20-14-8-6-13(7-9-14)19-11-12-4-3-5-15(18)16(12)17/h3-9,19H,2,10-11H2,1H3. The van der Waals surface area contributed by atoms with Crippen molar-refractivity contribution in [1.29, 1.82) is 0 Å². The van der Waals surface area contributed by atoms with Crippen molar-refractivity contribution < 1.29 is 9.13 Å². The van der Waals surface area contributed by atoms with E-state index in [-0.39, 0.29) is 5.02 Å². The zero-order chi connectivity index (χ0) is 14.4. The third-order valence-corrected chi connectivity index (χ3v) is 3.26. The molecule has 20 heavy (non-hydrogen) atoms. The highest BCUT2D eigenvalue weighted by molar-refractivity contribution is 6.31. The summed E-state index contributed by atoms with van der Waals surface area (Å²) in [6.45, 7) is 3.26. The van der Waals surface area contributed by atoms with Gasteiger partial charge in [0.1, 0.15) is 11.6 Å². The van der Waals surface area contributed by atoms with Crippen LogP contribution >= 0.6 is 11.6 Å². The fourth-order valence-electron chi connectivity index (χ4n) is 1.77. The van der Waals surface area contributed by atoms with Gasteiger partial charge in [-0.2, -0.15) is 0 Å². The van der Waals surface area contributed by atoms with Gasteiger partial charge in [-0.1, -0.05) is 30.7 Å². The van der Waals surface area contributed by atoms with E-state index < -0.39 is 5.82 Å². The van der Waals surface area contributed by atoms with Crippen LogP contribution in [-0.2, 0) is 6.54 Å². The highest BCUT2D eigenvalue weighted by atomic mass is 35.5. The van der Waals surface area contributed by atoms with Crippen molar-refractivity contribution in [2.75, 3.05) is 11.9 Å². The second-order valence-electron chi connectivity index (χ2n) is 4.44. The lowest BCUT2D eigenvalue weighted by Crippen LogP contribution is -2.01. The Morgan fingerprint density at radius 2 is 1.90 bits per heavy atom. The van der Waals surface area contributed by atoms with E-state index in [4.69, 9.17) is 16.3 Å². The van der Waals surface area contributed by atoms with Gasteiger partial charge in [-0.25, -0.2) is 4.39 Å². The molecule has 2 aromatic rings. The molecule has 0 unspecified atom stereocenters. The summed E-state index contributed by atoms with van der Waals surface area (Å²) in [4.78, 5) is 0. The van der Waals surface area contributed by atoms with Crippen LogP contribution in [0.1, 0.15) is 18.9 Å². The lowest BCUT2D eigenvalue weighted by molar-refractivity contribution is 0.317. The number of nitrogens with one attached hydrogen (secondary N) is 1. The van der Waals surface area contributed by atoms with E-state index >= 15 is 0 Å². The Balaban J connectivity index is 1.95. The average molecular weight is 294 g/mol. The highest BCUT2D eigenvalue weighted by Crippen LogP contribution is 2.21. The summed E-state index contributed by atoms with van der Waals surface area (Å²) in [6.07, 6.45) is 0.984. The minimum Gasteiger partial charge on any atom is -0.494 e. The van der Waals surface area contributed by atoms with Crippen molar-refractivity contribution >= 4 is 17.3 Å². The molecule has 0 aliphatic heterocycles. The largest absolute Gasteiger partial charge is 0.494 e. The topological polar surface area (TPSA) is 21.3 Å². The van der Waals surface area contributed by atoms with Crippen LogP contribution in [0.15, 0.2) is 42.5 Å². The Morgan fingerprint density at radius 3 is 2.60 bits per heavy atom. The van der Waals surface area contributed by atoms with Gasteiger partial charge in [0.05, 0.1) is 11.6 Å². The molecule has 0 heterocycles. The SMILES string of the molecule is CCCOc1ccc(NCc2cccc(F)c2Cl)cc1. The quantitative estimate of drug-likeness (QED) is 0.819. The van der Waals surface area contributed by atoms with Gasteiger partial charge in [0, 0.05) is 12.2 Å². The normalized spacial score (nSPS) is 10.3. The molecule has 1 N–H and O–H groups in total. The molecular formula is C16H17ClFNO. The maximum absolute atomic E-state index is 13.3. The first kappa shape index (κ1) is 14.7. The predicted octanol–water partition coefficient (Wildman–Crippen LogP) is 4.88. The molecule has 0 spiro atoms. The van der Waals surface area contributed by atoms with Crippen LogP contribution in [0.3, 0.4) is 0 Å². The highest BCUT2D eigenvalue weighted by Gasteiger charge is 2.05. The summed E-state index contributed by atoms with van der Waals surface area (Å²) in [5, 5.41) is 3.37. The number of halogens is 2. The van der Waals surface area contributed by atoms with Gasteiger partial charge in [-0.05, 0) is 42.3 Å². The summed E-state index contributed by atoms with van der Waals surface area (Å²) in [6, 6.07) is 12.5. The number of benzene rings is 2. The van der Waals surface area contributed by atoms with Crippen LogP contribution < -0.4 is 10.1 Å². The Bertz CT molecular complexity index is 557. The smallest absolute Gasteiger partial charge is 0.142 e. The van der Waals surface area contributed by atoms with Gasteiger partial charge in [0.2, 0.25) is 0 Å². The first-order chi connectivity index (χ1) is 9.70. The van der Waals surface area contributed by atoms with Crippen LogP contribution in [-0.4, -0.2) is 6.61 Å². The molecule has 2 nitrogen and oxygen atoms in total. The molecule has 0 radical (unpaired) electrons. The fraction of sp³-hybridized carbons (Fsp3) is 0.250. The van der Waals surface area contributed by atoms with Crippen molar-refractivity contribution in [2.45, 2.75) is 19.9 Å². The molecule has 0 fully saturated rings. The van der Waals surface area contributed by atoms with Gasteiger partial charge in [-0.3, -0.25) is 0 Å². The maximum Gasteiger partial charge on any atom is 0.142 e. The van der Waals surface area contributed by atoms with Gasteiger partial charge >= 0.3 is 0 Å². The van der Waals surface area contributed by atoms with Crippen LogP contribution in [0, 0.1) is 5.82 Å². The molecule has 2 aromatic carbocycles. The minimum atomic E-state index is -0.394. The van der Waals surface area contributed by atoms with Crippen molar-refractivity contribution in [2.24, 2.45) is 0 Å². The molecule has 0 aliphatic rings. The Hall–Kier alpha value is -1.74. The third-order valence-electron chi connectivity index (χ3n) is 2.84. The zero-order valence-electron chi connectivity index (χ0n) is 11.3.